The number of aromatic nitrogens is 2. The van der Waals surface area contributed by atoms with Gasteiger partial charge in [-0.05, 0) is 151 Å². The van der Waals surface area contributed by atoms with Crippen LogP contribution in [0.15, 0.2) is 91.3 Å². The van der Waals surface area contributed by atoms with Crippen molar-refractivity contribution in [2.24, 2.45) is 0 Å². The number of benzene rings is 3. The summed E-state index contributed by atoms with van der Waals surface area (Å²) in [4.78, 5) is 9.17. The second kappa shape index (κ2) is 21.6. The fraction of sp³-hybridized carbons (Fsp3) is 0.189. The van der Waals surface area contributed by atoms with Crippen molar-refractivity contribution in [3.05, 3.63) is 119 Å². The molecule has 0 spiro atoms. The number of nitrogens with zero attached hydrogens (tertiary/aromatic N) is 4. The van der Waals surface area contributed by atoms with Gasteiger partial charge in [-0.25, -0.2) is 9.15 Å². The van der Waals surface area contributed by atoms with Crippen LogP contribution in [-0.4, -0.2) is 22.4 Å². The number of halogens is 4. The topological polar surface area (TPSA) is 31.8 Å². The van der Waals surface area contributed by atoms with E-state index in [0.717, 1.165) is 11.6 Å². The summed E-state index contributed by atoms with van der Waals surface area (Å²) in [7, 11) is 0. The molecule has 10 heteroatoms. The quantitative estimate of drug-likeness (QED) is 0.105. The van der Waals surface area contributed by atoms with Crippen molar-refractivity contribution in [1.82, 2.24) is 19.1 Å². The zero-order valence-corrected chi connectivity index (χ0v) is 36.7. The van der Waals surface area contributed by atoms with Gasteiger partial charge in [0.15, 0.2) is 0 Å². The molecule has 0 saturated heterocycles. The summed E-state index contributed by atoms with van der Waals surface area (Å²) in [6.07, 6.45) is 7.85. The summed E-state index contributed by atoms with van der Waals surface area (Å²) in [6.45, 7) is 15.0. The van der Waals surface area contributed by atoms with Gasteiger partial charge in [0, 0.05) is 53.0 Å². The molecule has 4 nitrogen and oxygen atoms in total. The Kier molecular flexibility index (Phi) is 21.9. The maximum Gasteiger partial charge on any atom is 0.327 e. The molecule has 2 heterocycles. The van der Waals surface area contributed by atoms with Crippen molar-refractivity contribution in [3.63, 3.8) is 0 Å². The van der Waals surface area contributed by atoms with Crippen LogP contribution in [0.1, 0.15) is 41.7 Å². The van der Waals surface area contributed by atoms with Crippen LogP contribution >= 0.6 is 0 Å². The molecule has 5 rings (SSSR count). The van der Waals surface area contributed by atoms with Crippen molar-refractivity contribution in [3.8, 4) is 22.3 Å². The molecule has 0 N–H and O–H groups in total. The van der Waals surface area contributed by atoms with E-state index < -0.39 is 0 Å². The molecular weight excluding hydrogens is 1030 g/mol. The van der Waals surface area contributed by atoms with Gasteiger partial charge in [-0.1, -0.05) is 24.3 Å². The van der Waals surface area contributed by atoms with E-state index in [2.05, 4.69) is 122 Å². The predicted octanol–water partition coefficient (Wildman–Crippen LogP) is -2.79. The molecule has 0 aliphatic heterocycles. The van der Waals surface area contributed by atoms with Gasteiger partial charge in [-0.3, -0.25) is 0 Å². The van der Waals surface area contributed by atoms with Crippen molar-refractivity contribution in [1.29, 1.82) is 0 Å². The second-order valence-corrected chi connectivity index (χ2v) is 10.6. The third-order valence-corrected chi connectivity index (χ3v) is 7.65. The molecule has 5 aromatic rings. The van der Waals surface area contributed by atoms with Gasteiger partial charge in [0.1, 0.15) is 23.8 Å². The molecule has 0 amide bonds. The standard InChI is InChI=1S/C37H38N4.4BrH.2Pd/c1-8-40(34-14-10-12-18-38-34)36-26(4)20-31(21-27(36)5)30-17-16-25(3)33(24-30)32-22-28(6)37(29(7)23-32)41(9-2)35-15-11-13-19-39-35;;;;;;/h8-24H,1-7H3;4*1H;;/q+2;;;;;;/p-4. The molecule has 0 saturated carbocycles. The van der Waals surface area contributed by atoms with Crippen molar-refractivity contribution in [2.75, 3.05) is 0 Å². The smallest absolute Gasteiger partial charge is 0.327 e. The first-order chi connectivity index (χ1) is 19.8. The van der Waals surface area contributed by atoms with Crippen molar-refractivity contribution in [2.45, 2.75) is 48.5 Å². The number of pyridine rings is 2. The Morgan fingerprint density at radius 2 is 0.872 bits per heavy atom. The average Bonchev–Trinajstić information content (AvgIpc) is 2.97. The van der Waals surface area contributed by atoms with E-state index in [1.54, 1.807) is 0 Å². The summed E-state index contributed by atoms with van der Waals surface area (Å²) >= 11 is 0. The van der Waals surface area contributed by atoms with Crippen molar-refractivity contribution >= 4 is 35.4 Å². The molecule has 256 valence electrons. The van der Waals surface area contributed by atoms with Crippen LogP contribution in [0.25, 0.3) is 22.3 Å². The maximum atomic E-state index is 4.59. The Morgan fingerprint density at radius 3 is 1.23 bits per heavy atom. The molecule has 0 atom stereocenters. The summed E-state index contributed by atoms with van der Waals surface area (Å²) in [5, 5.41) is 0. The van der Waals surface area contributed by atoms with E-state index in [4.69, 9.17) is 0 Å². The van der Waals surface area contributed by atoms with Gasteiger partial charge in [0.25, 0.3) is 0 Å². The molecule has 0 radical (unpaired) electrons. The van der Waals surface area contributed by atoms with Crippen LogP contribution in [-0.2, 0) is 40.8 Å². The number of hydrogen-bond donors (Lipinski definition) is 0. The first kappa shape index (κ1) is 47.7. The zero-order valence-electron chi connectivity index (χ0n) is 27.2. The third-order valence-electron chi connectivity index (χ3n) is 7.65. The van der Waals surface area contributed by atoms with E-state index in [9.17, 15) is 0 Å². The maximum absolute atomic E-state index is 4.59. The Hall–Kier alpha value is -1.46. The Bertz CT molecular complexity index is 1770. The summed E-state index contributed by atoms with van der Waals surface area (Å²) < 4.78 is 4.34. The number of rotatable bonds is 6. The normalized spacial score (nSPS) is 10.5. The molecule has 3 aromatic carbocycles. The van der Waals surface area contributed by atoms with E-state index in [1.165, 1.54) is 61.4 Å². The molecule has 47 heavy (non-hydrogen) atoms. The first-order valence-corrected chi connectivity index (χ1v) is 14.2. The molecule has 0 aliphatic carbocycles. The van der Waals surface area contributed by atoms with Gasteiger partial charge >= 0.3 is 11.6 Å². The van der Waals surface area contributed by atoms with Crippen molar-refractivity contribution < 1.29 is 109 Å². The predicted molar refractivity (Wildman–Crippen MR) is 176 cm³/mol. The summed E-state index contributed by atoms with van der Waals surface area (Å²) in [5.41, 5.74) is 13.4. The van der Waals surface area contributed by atoms with Gasteiger partial charge in [-0.15, -0.1) is 0 Å². The fourth-order valence-electron chi connectivity index (χ4n) is 5.85. The minimum absolute atomic E-state index is 0. The summed E-state index contributed by atoms with van der Waals surface area (Å²) in [5.74, 6) is 1.84. The minimum Gasteiger partial charge on any atom is -1.00 e. The Balaban J connectivity index is 0. The van der Waals surface area contributed by atoms with Gasteiger partial charge in [0.05, 0.1) is 12.4 Å². The number of hydrogen-bond acceptors (Lipinski definition) is 2. The van der Waals surface area contributed by atoms with E-state index >= 15 is 0 Å². The van der Waals surface area contributed by atoms with Crippen LogP contribution < -0.4 is 77.1 Å². The Morgan fingerprint density at radius 1 is 0.468 bits per heavy atom. The second-order valence-electron chi connectivity index (χ2n) is 10.6. The molecule has 2 aromatic heterocycles. The molecule has 0 fully saturated rings. The van der Waals surface area contributed by atoms with E-state index in [0.29, 0.717) is 0 Å². The van der Waals surface area contributed by atoms with Crippen LogP contribution in [0.4, 0.5) is 23.0 Å². The Labute approximate surface area is 349 Å². The monoisotopic (exact) mass is 1070 g/mol. The molecule has 0 aliphatic rings. The first-order valence-electron chi connectivity index (χ1n) is 14.2. The molecular formula is C37H38Br4N4Pd2-2. The molecule has 0 bridgehead atoms. The van der Waals surface area contributed by atoms with Gasteiger partial charge in [-0.2, -0.15) is 0 Å². The van der Waals surface area contributed by atoms with Crippen LogP contribution in [0, 0.1) is 34.6 Å². The fourth-order valence-corrected chi connectivity index (χ4v) is 5.85. The minimum atomic E-state index is 0. The van der Waals surface area contributed by atoms with Crippen LogP contribution in [0.3, 0.4) is 0 Å². The molecule has 0 unspecified atom stereocenters. The van der Waals surface area contributed by atoms with Crippen LogP contribution in [0.5, 0.6) is 0 Å². The largest absolute Gasteiger partial charge is 1.00 e. The third kappa shape index (κ3) is 10.5. The summed E-state index contributed by atoms with van der Waals surface area (Å²) in [6, 6.07) is 28.0. The average molecular weight is 1070 g/mol. The van der Waals surface area contributed by atoms with Gasteiger partial charge in [0.2, 0.25) is 0 Å². The van der Waals surface area contributed by atoms with E-state index in [-0.39, 0.29) is 109 Å². The van der Waals surface area contributed by atoms with Crippen LogP contribution in [0.2, 0.25) is 0 Å². The zero-order chi connectivity index (χ0) is 29.1. The van der Waals surface area contributed by atoms with E-state index in [1.807, 2.05) is 48.8 Å². The SMILES string of the molecule is CC=[N+](c1ccccn1)c1c(C)cc(-c2ccc(C)c(-c3cc(C)c([N+](=CC)c4ccccn4)c(C)c3)c2)cc1C.[Br-].[Br-].[Br-].[Br-].[Pd].[Pd]. The van der Waals surface area contributed by atoms with Gasteiger partial charge < -0.3 is 67.9 Å². The number of aryl methyl sites for hydroxylation is 5.